The van der Waals surface area contributed by atoms with Crippen LogP contribution in [0.5, 0.6) is 0 Å². The molecule has 2 N–H and O–H groups in total. The molecule has 0 aliphatic heterocycles. The molecule has 0 aliphatic rings. The van der Waals surface area contributed by atoms with E-state index in [2.05, 4.69) is 10.3 Å². The number of H-pyrrole nitrogens is 1. The third kappa shape index (κ3) is 5.08. The number of benzene rings is 2. The molecule has 170 valence electrons. The van der Waals surface area contributed by atoms with Crippen LogP contribution in [0.15, 0.2) is 64.3 Å². The number of aromatic nitrogens is 1. The second-order valence-electron chi connectivity index (χ2n) is 7.71. The molecule has 1 heterocycles. The predicted molar refractivity (Wildman–Crippen MR) is 126 cm³/mol. The maximum absolute atomic E-state index is 13.2. The van der Waals surface area contributed by atoms with E-state index in [0.29, 0.717) is 24.0 Å². The molecule has 0 aliphatic carbocycles. The van der Waals surface area contributed by atoms with Crippen LogP contribution in [0.2, 0.25) is 0 Å². The summed E-state index contributed by atoms with van der Waals surface area (Å²) in [6.07, 6.45) is 1.65. The Morgan fingerprint density at radius 3 is 2.47 bits per heavy atom. The van der Waals surface area contributed by atoms with Crippen molar-refractivity contribution in [1.29, 1.82) is 0 Å². The van der Waals surface area contributed by atoms with Crippen LogP contribution in [0, 0.1) is 0 Å². The molecule has 1 atom stereocenters. The van der Waals surface area contributed by atoms with Crippen molar-refractivity contribution in [2.45, 2.75) is 44.6 Å². The lowest BCUT2D eigenvalue weighted by Gasteiger charge is -2.21. The summed E-state index contributed by atoms with van der Waals surface area (Å²) in [6.45, 7) is 6.45. The average Bonchev–Trinajstić information content (AvgIpc) is 2.79. The van der Waals surface area contributed by atoms with Gasteiger partial charge >= 0.3 is 0 Å². The van der Waals surface area contributed by atoms with Gasteiger partial charge < -0.3 is 10.3 Å². The summed E-state index contributed by atoms with van der Waals surface area (Å²) in [5.41, 5.74) is 1.04. The van der Waals surface area contributed by atoms with Gasteiger partial charge in [-0.3, -0.25) is 9.59 Å². The minimum Gasteiger partial charge on any atom is -0.345 e. The van der Waals surface area contributed by atoms with Gasteiger partial charge in [0.25, 0.3) is 5.91 Å². The molecule has 3 rings (SSSR count). The fourth-order valence-corrected chi connectivity index (χ4v) is 5.13. The van der Waals surface area contributed by atoms with Gasteiger partial charge in [-0.15, -0.1) is 0 Å². The molecular formula is C24H29N3O4S. The number of carbonyl (C=O) groups excluding carboxylic acids is 1. The van der Waals surface area contributed by atoms with Crippen LogP contribution in [0.3, 0.4) is 0 Å². The zero-order valence-corrected chi connectivity index (χ0v) is 19.4. The van der Waals surface area contributed by atoms with Crippen molar-refractivity contribution in [3.63, 3.8) is 0 Å². The van der Waals surface area contributed by atoms with Gasteiger partial charge in [0.1, 0.15) is 0 Å². The maximum Gasteiger partial charge on any atom is 0.252 e. The lowest BCUT2D eigenvalue weighted by atomic mass is 10.1. The van der Waals surface area contributed by atoms with Crippen molar-refractivity contribution in [1.82, 2.24) is 14.6 Å². The Hall–Kier alpha value is -2.97. The van der Waals surface area contributed by atoms with E-state index in [1.54, 1.807) is 6.92 Å². The van der Waals surface area contributed by atoms with E-state index >= 15 is 0 Å². The van der Waals surface area contributed by atoms with Gasteiger partial charge in [-0.05, 0) is 37.1 Å². The quantitative estimate of drug-likeness (QED) is 0.512. The average molecular weight is 456 g/mol. The second kappa shape index (κ2) is 10.1. The van der Waals surface area contributed by atoms with Gasteiger partial charge in [-0.1, -0.05) is 50.6 Å². The standard InChI is InChI=1S/C24H29N3O4S/c1-4-6-14-27(5-2)32(30,31)19-12-13-22-20(15-19)21(16-23(28)26-22)24(29)25-17(3)18-10-8-7-9-11-18/h7-13,15-17H,4-6,14H2,1-3H3,(H,25,29)(H,26,28)/t17-/m0/s1. The Balaban J connectivity index is 2.02. The highest BCUT2D eigenvalue weighted by Crippen LogP contribution is 2.24. The number of aromatic amines is 1. The first-order valence-corrected chi connectivity index (χ1v) is 12.2. The summed E-state index contributed by atoms with van der Waals surface area (Å²) in [4.78, 5) is 28.0. The van der Waals surface area contributed by atoms with E-state index in [9.17, 15) is 18.0 Å². The number of fused-ring (bicyclic) bond motifs is 1. The number of rotatable bonds is 9. The molecule has 0 unspecified atom stereocenters. The molecule has 0 spiro atoms. The Bertz CT molecular complexity index is 1250. The molecule has 8 heteroatoms. The lowest BCUT2D eigenvalue weighted by molar-refractivity contribution is 0.0941. The normalized spacial score (nSPS) is 12.8. The van der Waals surface area contributed by atoms with Gasteiger partial charge in [-0.2, -0.15) is 4.31 Å². The van der Waals surface area contributed by atoms with Crippen LogP contribution in [-0.4, -0.2) is 36.7 Å². The molecule has 0 radical (unpaired) electrons. The van der Waals surface area contributed by atoms with Crippen molar-refractivity contribution in [2.75, 3.05) is 13.1 Å². The van der Waals surface area contributed by atoms with Crippen molar-refractivity contribution in [3.8, 4) is 0 Å². The fourth-order valence-electron chi connectivity index (χ4n) is 3.61. The minimum absolute atomic E-state index is 0.0974. The summed E-state index contributed by atoms with van der Waals surface area (Å²) >= 11 is 0. The number of nitrogens with zero attached hydrogens (tertiary/aromatic N) is 1. The predicted octanol–water partition coefficient (Wildman–Crippen LogP) is 3.83. The maximum atomic E-state index is 13.2. The third-order valence-electron chi connectivity index (χ3n) is 5.46. The monoisotopic (exact) mass is 455 g/mol. The number of sulfonamides is 1. The molecule has 7 nitrogen and oxygen atoms in total. The van der Waals surface area contributed by atoms with Gasteiger partial charge in [0.2, 0.25) is 15.6 Å². The van der Waals surface area contributed by atoms with E-state index in [4.69, 9.17) is 0 Å². The molecule has 0 fully saturated rings. The van der Waals surface area contributed by atoms with Crippen LogP contribution >= 0.6 is 0 Å². The lowest BCUT2D eigenvalue weighted by Crippen LogP contribution is -2.32. The van der Waals surface area contributed by atoms with Crippen LogP contribution in [0.1, 0.15) is 55.6 Å². The first-order valence-electron chi connectivity index (χ1n) is 10.8. The fraction of sp³-hybridized carbons (Fsp3) is 0.333. The van der Waals surface area contributed by atoms with E-state index in [0.717, 1.165) is 18.4 Å². The van der Waals surface area contributed by atoms with Gasteiger partial charge in [-0.25, -0.2) is 8.42 Å². The van der Waals surface area contributed by atoms with Crippen LogP contribution in [-0.2, 0) is 10.0 Å². The van der Waals surface area contributed by atoms with Crippen LogP contribution < -0.4 is 10.9 Å². The molecule has 2 aromatic carbocycles. The Morgan fingerprint density at radius 1 is 1.09 bits per heavy atom. The molecule has 32 heavy (non-hydrogen) atoms. The highest BCUT2D eigenvalue weighted by atomic mass is 32.2. The van der Waals surface area contributed by atoms with E-state index < -0.39 is 21.5 Å². The minimum atomic E-state index is -3.72. The number of nitrogens with one attached hydrogen (secondary N) is 2. The summed E-state index contributed by atoms with van der Waals surface area (Å²) in [5.74, 6) is -0.440. The van der Waals surface area contributed by atoms with Crippen molar-refractivity contribution in [2.24, 2.45) is 0 Å². The summed E-state index contributed by atoms with van der Waals surface area (Å²) in [7, 11) is -3.72. The van der Waals surface area contributed by atoms with Gasteiger partial charge in [0, 0.05) is 30.1 Å². The number of hydrogen-bond donors (Lipinski definition) is 2. The van der Waals surface area contributed by atoms with Crippen LogP contribution in [0.25, 0.3) is 10.9 Å². The summed E-state index contributed by atoms with van der Waals surface area (Å²) < 4.78 is 27.8. The highest BCUT2D eigenvalue weighted by molar-refractivity contribution is 7.89. The van der Waals surface area contributed by atoms with Crippen molar-refractivity contribution < 1.29 is 13.2 Å². The largest absolute Gasteiger partial charge is 0.345 e. The first-order chi connectivity index (χ1) is 15.3. The van der Waals surface area contributed by atoms with Gasteiger partial charge in [0.15, 0.2) is 0 Å². The first kappa shape index (κ1) is 23.7. The molecular weight excluding hydrogens is 426 g/mol. The van der Waals surface area contributed by atoms with E-state index in [1.165, 1.54) is 28.6 Å². The van der Waals surface area contributed by atoms with Crippen molar-refractivity contribution >= 4 is 26.8 Å². The van der Waals surface area contributed by atoms with E-state index in [1.807, 2.05) is 44.2 Å². The molecule has 1 amide bonds. The summed E-state index contributed by atoms with van der Waals surface area (Å²) in [6, 6.07) is 14.9. The Morgan fingerprint density at radius 2 is 1.81 bits per heavy atom. The zero-order valence-electron chi connectivity index (χ0n) is 18.6. The summed E-state index contributed by atoms with van der Waals surface area (Å²) in [5, 5.41) is 3.28. The molecule has 1 aromatic heterocycles. The smallest absolute Gasteiger partial charge is 0.252 e. The molecule has 0 saturated heterocycles. The van der Waals surface area contributed by atoms with Gasteiger partial charge in [0.05, 0.1) is 16.5 Å². The van der Waals surface area contributed by atoms with Crippen LogP contribution in [0.4, 0.5) is 0 Å². The third-order valence-corrected chi connectivity index (χ3v) is 7.43. The number of carbonyl (C=O) groups is 1. The highest BCUT2D eigenvalue weighted by Gasteiger charge is 2.24. The molecule has 3 aromatic rings. The Kier molecular flexibility index (Phi) is 7.48. The zero-order chi connectivity index (χ0) is 23.3. The second-order valence-corrected chi connectivity index (χ2v) is 9.65. The Labute approximate surface area is 188 Å². The topological polar surface area (TPSA) is 99.3 Å². The molecule has 0 bridgehead atoms. The number of pyridine rings is 1. The van der Waals surface area contributed by atoms with Crippen molar-refractivity contribution in [3.05, 3.63) is 76.1 Å². The van der Waals surface area contributed by atoms with E-state index in [-0.39, 0.29) is 16.5 Å². The number of amides is 1. The molecule has 0 saturated carbocycles. The number of hydrogen-bond acceptors (Lipinski definition) is 4. The number of unbranched alkanes of at least 4 members (excludes halogenated alkanes) is 1. The SMILES string of the molecule is CCCCN(CC)S(=O)(=O)c1ccc2[nH]c(=O)cc(C(=O)N[C@@H](C)c3ccccc3)c2c1.